The Morgan fingerprint density at radius 1 is 1.44 bits per heavy atom. The van der Waals surface area contributed by atoms with Gasteiger partial charge in [-0.15, -0.1) is 0 Å². The molecule has 1 aliphatic heterocycles. The van der Waals surface area contributed by atoms with Crippen molar-refractivity contribution in [3.8, 4) is 0 Å². The van der Waals surface area contributed by atoms with E-state index in [9.17, 15) is 13.2 Å². The lowest BCUT2D eigenvalue weighted by Crippen LogP contribution is -2.01. The van der Waals surface area contributed by atoms with Crippen LogP contribution in [-0.4, -0.2) is 20.0 Å². The first-order valence-corrected chi connectivity index (χ1v) is 6.90. The standard InChI is InChI=1S/C12H14O3S/c1-8-7-16(14,15)12-6-10(5-9(2)13)3-4-11(8)12/h3-4,6,8H,5,7H2,1-2H3. The highest BCUT2D eigenvalue weighted by Crippen LogP contribution is 2.35. The summed E-state index contributed by atoms with van der Waals surface area (Å²) in [4.78, 5) is 11.4. The molecule has 0 N–H and O–H groups in total. The molecule has 1 aliphatic rings. The number of sulfone groups is 1. The van der Waals surface area contributed by atoms with Crippen molar-refractivity contribution in [2.24, 2.45) is 0 Å². The van der Waals surface area contributed by atoms with E-state index >= 15 is 0 Å². The van der Waals surface area contributed by atoms with Gasteiger partial charge in [0, 0.05) is 6.42 Å². The summed E-state index contributed by atoms with van der Waals surface area (Å²) >= 11 is 0. The van der Waals surface area contributed by atoms with Crippen molar-refractivity contribution in [3.05, 3.63) is 29.3 Å². The maximum Gasteiger partial charge on any atom is 0.179 e. The second-order valence-corrected chi connectivity index (χ2v) is 6.44. The van der Waals surface area contributed by atoms with Crippen LogP contribution in [-0.2, 0) is 21.1 Å². The van der Waals surface area contributed by atoms with Crippen LogP contribution in [0.5, 0.6) is 0 Å². The van der Waals surface area contributed by atoms with Crippen molar-refractivity contribution < 1.29 is 13.2 Å². The number of rotatable bonds is 2. The summed E-state index contributed by atoms with van der Waals surface area (Å²) in [5, 5.41) is 0. The second-order valence-electron chi connectivity index (χ2n) is 4.43. The fourth-order valence-electron chi connectivity index (χ4n) is 2.16. The van der Waals surface area contributed by atoms with E-state index in [1.54, 1.807) is 6.07 Å². The van der Waals surface area contributed by atoms with E-state index in [-0.39, 0.29) is 17.5 Å². The molecular weight excluding hydrogens is 224 g/mol. The van der Waals surface area contributed by atoms with E-state index in [2.05, 4.69) is 0 Å². The summed E-state index contributed by atoms with van der Waals surface area (Å²) < 4.78 is 23.6. The van der Waals surface area contributed by atoms with Gasteiger partial charge in [-0.2, -0.15) is 0 Å². The highest BCUT2D eigenvalue weighted by molar-refractivity contribution is 7.91. The van der Waals surface area contributed by atoms with Gasteiger partial charge in [0.25, 0.3) is 0 Å². The quantitative estimate of drug-likeness (QED) is 0.788. The average Bonchev–Trinajstić information content (AvgIpc) is 2.36. The Labute approximate surface area is 95.4 Å². The third-order valence-corrected chi connectivity index (χ3v) is 4.83. The van der Waals surface area contributed by atoms with Gasteiger partial charge in [0.15, 0.2) is 9.84 Å². The number of Topliss-reactive ketones (excluding diaryl/α,β-unsaturated/α-hetero) is 1. The number of ketones is 1. The maximum atomic E-state index is 11.8. The normalized spacial score (nSPS) is 21.8. The summed E-state index contributed by atoms with van der Waals surface area (Å²) in [6, 6.07) is 5.33. The average molecular weight is 238 g/mol. The third kappa shape index (κ3) is 1.89. The van der Waals surface area contributed by atoms with Crippen molar-refractivity contribution >= 4 is 15.6 Å². The van der Waals surface area contributed by atoms with Crippen LogP contribution in [0.4, 0.5) is 0 Å². The van der Waals surface area contributed by atoms with Crippen molar-refractivity contribution in [1.82, 2.24) is 0 Å². The van der Waals surface area contributed by atoms with Crippen LogP contribution in [0.25, 0.3) is 0 Å². The molecule has 0 aliphatic carbocycles. The topological polar surface area (TPSA) is 51.2 Å². The van der Waals surface area contributed by atoms with E-state index in [0.29, 0.717) is 11.3 Å². The lowest BCUT2D eigenvalue weighted by molar-refractivity contribution is -0.116. The largest absolute Gasteiger partial charge is 0.300 e. The molecule has 0 aromatic heterocycles. The Hall–Kier alpha value is -1.16. The lowest BCUT2D eigenvalue weighted by atomic mass is 10.0. The Morgan fingerprint density at radius 3 is 2.75 bits per heavy atom. The van der Waals surface area contributed by atoms with E-state index in [4.69, 9.17) is 0 Å². The summed E-state index contributed by atoms with van der Waals surface area (Å²) in [5.41, 5.74) is 1.66. The molecule has 1 aromatic rings. The monoisotopic (exact) mass is 238 g/mol. The first kappa shape index (κ1) is 11.3. The van der Waals surface area contributed by atoms with E-state index < -0.39 is 9.84 Å². The van der Waals surface area contributed by atoms with Crippen LogP contribution in [0.1, 0.15) is 30.9 Å². The molecule has 0 bridgehead atoms. The number of hydrogen-bond acceptors (Lipinski definition) is 3. The predicted molar refractivity (Wildman–Crippen MR) is 61.3 cm³/mol. The zero-order chi connectivity index (χ0) is 11.9. The van der Waals surface area contributed by atoms with Crippen molar-refractivity contribution in [2.45, 2.75) is 31.1 Å². The van der Waals surface area contributed by atoms with Crippen LogP contribution in [0, 0.1) is 0 Å². The fraction of sp³-hybridized carbons (Fsp3) is 0.417. The van der Waals surface area contributed by atoms with E-state index in [0.717, 1.165) is 11.1 Å². The lowest BCUT2D eigenvalue weighted by Gasteiger charge is -2.04. The maximum absolute atomic E-state index is 11.8. The Morgan fingerprint density at radius 2 is 2.12 bits per heavy atom. The van der Waals surface area contributed by atoms with Crippen LogP contribution in [0.15, 0.2) is 23.1 Å². The predicted octanol–water partition coefficient (Wildman–Crippen LogP) is 1.71. The van der Waals surface area contributed by atoms with Gasteiger partial charge in [-0.25, -0.2) is 8.42 Å². The Balaban J connectivity index is 2.50. The SMILES string of the molecule is CC(=O)Cc1ccc2c(c1)S(=O)(=O)CC2C. The van der Waals surface area contributed by atoms with Gasteiger partial charge >= 0.3 is 0 Å². The molecule has 0 saturated carbocycles. The van der Waals surface area contributed by atoms with Gasteiger partial charge in [-0.05, 0) is 30.0 Å². The summed E-state index contributed by atoms with van der Waals surface area (Å²) in [6.07, 6.45) is 0.303. The molecule has 16 heavy (non-hydrogen) atoms. The molecule has 1 unspecified atom stereocenters. The number of carbonyl (C=O) groups excluding carboxylic acids is 1. The molecule has 0 saturated heterocycles. The van der Waals surface area contributed by atoms with Gasteiger partial charge < -0.3 is 0 Å². The molecule has 0 spiro atoms. The van der Waals surface area contributed by atoms with Crippen molar-refractivity contribution in [1.29, 1.82) is 0 Å². The van der Waals surface area contributed by atoms with Crippen LogP contribution in [0.2, 0.25) is 0 Å². The van der Waals surface area contributed by atoms with Crippen LogP contribution >= 0.6 is 0 Å². The van der Waals surface area contributed by atoms with Crippen molar-refractivity contribution in [2.75, 3.05) is 5.75 Å². The Kier molecular flexibility index (Phi) is 2.62. The number of hydrogen-bond donors (Lipinski definition) is 0. The fourth-order valence-corrected chi connectivity index (χ4v) is 4.14. The highest BCUT2D eigenvalue weighted by atomic mass is 32.2. The first-order valence-electron chi connectivity index (χ1n) is 5.25. The molecule has 0 fully saturated rings. The molecule has 2 rings (SSSR count). The minimum Gasteiger partial charge on any atom is -0.300 e. The zero-order valence-electron chi connectivity index (χ0n) is 9.36. The molecular formula is C12H14O3S. The Bertz CT molecular complexity index is 543. The summed E-state index contributed by atoms with van der Waals surface area (Å²) in [6.45, 7) is 3.42. The van der Waals surface area contributed by atoms with Crippen molar-refractivity contribution in [3.63, 3.8) is 0 Å². The minimum atomic E-state index is -3.12. The van der Waals surface area contributed by atoms with Gasteiger partial charge in [-0.1, -0.05) is 19.1 Å². The molecule has 1 aromatic carbocycles. The van der Waals surface area contributed by atoms with Crippen LogP contribution in [0.3, 0.4) is 0 Å². The summed E-state index contributed by atoms with van der Waals surface area (Å²) in [5.74, 6) is 0.293. The smallest absolute Gasteiger partial charge is 0.179 e. The van der Waals surface area contributed by atoms with Gasteiger partial charge in [0.2, 0.25) is 0 Å². The summed E-state index contributed by atoms with van der Waals surface area (Å²) in [7, 11) is -3.12. The number of fused-ring (bicyclic) bond motifs is 1. The molecule has 4 heteroatoms. The highest BCUT2D eigenvalue weighted by Gasteiger charge is 2.31. The van der Waals surface area contributed by atoms with Crippen LogP contribution < -0.4 is 0 Å². The number of carbonyl (C=O) groups is 1. The van der Waals surface area contributed by atoms with Gasteiger partial charge in [-0.3, -0.25) is 4.79 Å². The molecule has 0 radical (unpaired) electrons. The molecule has 1 atom stereocenters. The molecule has 0 amide bonds. The first-order chi connectivity index (χ1) is 7.40. The third-order valence-electron chi connectivity index (χ3n) is 2.87. The van der Waals surface area contributed by atoms with E-state index in [1.807, 2.05) is 19.1 Å². The van der Waals surface area contributed by atoms with Gasteiger partial charge in [0.1, 0.15) is 5.78 Å². The molecule has 86 valence electrons. The molecule has 1 heterocycles. The second kappa shape index (κ2) is 3.70. The van der Waals surface area contributed by atoms with Gasteiger partial charge in [0.05, 0.1) is 10.6 Å². The van der Waals surface area contributed by atoms with E-state index in [1.165, 1.54) is 6.92 Å². The zero-order valence-corrected chi connectivity index (χ0v) is 10.2. The molecule has 3 nitrogen and oxygen atoms in total. The number of benzene rings is 1. The minimum absolute atomic E-state index is 0.0448.